The van der Waals surface area contributed by atoms with Crippen molar-refractivity contribution in [2.75, 3.05) is 20.1 Å². The van der Waals surface area contributed by atoms with Gasteiger partial charge in [0.15, 0.2) is 0 Å². The third kappa shape index (κ3) is 3.30. The number of nitrogens with zero attached hydrogens (tertiary/aromatic N) is 1. The summed E-state index contributed by atoms with van der Waals surface area (Å²) in [6.07, 6.45) is 2.07. The molecule has 1 heterocycles. The zero-order valence-electron chi connectivity index (χ0n) is 9.86. The van der Waals surface area contributed by atoms with E-state index in [1.807, 2.05) is 18.2 Å². The van der Waals surface area contributed by atoms with Crippen molar-refractivity contribution >= 4 is 21.9 Å². The smallest absolute Gasteiger partial charge is 0.339 e. The lowest BCUT2D eigenvalue weighted by Gasteiger charge is -2.29. The summed E-state index contributed by atoms with van der Waals surface area (Å²) in [6, 6.07) is 7.35. The second-order valence-electron chi connectivity index (χ2n) is 4.41. The van der Waals surface area contributed by atoms with Crippen LogP contribution < -0.4 is 0 Å². The minimum absolute atomic E-state index is 0.0216. The fourth-order valence-corrected chi connectivity index (χ4v) is 2.50. The number of esters is 1. The predicted molar refractivity (Wildman–Crippen MR) is 70.1 cm³/mol. The number of ether oxygens (including phenoxy) is 1. The van der Waals surface area contributed by atoms with Gasteiger partial charge in [0.25, 0.3) is 0 Å². The predicted octanol–water partition coefficient (Wildman–Crippen LogP) is 2.70. The molecule has 2 rings (SSSR count). The van der Waals surface area contributed by atoms with Gasteiger partial charge in [-0.25, -0.2) is 4.79 Å². The normalized spacial score (nSPS) is 21.2. The lowest BCUT2D eigenvalue weighted by molar-refractivity contribution is 0.0107. The van der Waals surface area contributed by atoms with Crippen molar-refractivity contribution in [3.05, 3.63) is 34.3 Å². The molecule has 0 unspecified atom stereocenters. The molecule has 0 spiro atoms. The van der Waals surface area contributed by atoms with E-state index in [0.29, 0.717) is 5.56 Å². The van der Waals surface area contributed by atoms with Gasteiger partial charge in [-0.2, -0.15) is 0 Å². The molecule has 0 radical (unpaired) electrons. The molecule has 1 aromatic carbocycles. The molecule has 0 aliphatic carbocycles. The van der Waals surface area contributed by atoms with Gasteiger partial charge in [-0.3, -0.25) is 0 Å². The Morgan fingerprint density at radius 2 is 2.24 bits per heavy atom. The Hall–Kier alpha value is -0.870. The number of hydrogen-bond donors (Lipinski definition) is 0. The Labute approximate surface area is 110 Å². The first-order valence-corrected chi connectivity index (χ1v) is 6.60. The van der Waals surface area contributed by atoms with E-state index in [9.17, 15) is 4.79 Å². The van der Waals surface area contributed by atoms with Gasteiger partial charge >= 0.3 is 5.97 Å². The molecule has 0 aromatic heterocycles. The summed E-state index contributed by atoms with van der Waals surface area (Å²) in [5.74, 6) is -0.238. The number of likely N-dealkylation sites (N-methyl/N-ethyl adjacent to an activating group) is 1. The SMILES string of the molecule is CN1CCC[C@@H](OC(=O)c2ccccc2Br)C1. The summed E-state index contributed by atoms with van der Waals surface area (Å²) in [4.78, 5) is 14.2. The monoisotopic (exact) mass is 297 g/mol. The average Bonchev–Trinajstić information content (AvgIpc) is 2.29. The number of likely N-dealkylation sites (tertiary alicyclic amines) is 1. The molecule has 1 aliphatic rings. The van der Waals surface area contributed by atoms with Crippen LogP contribution in [-0.4, -0.2) is 37.1 Å². The Kier molecular flexibility index (Phi) is 4.18. The lowest BCUT2D eigenvalue weighted by Crippen LogP contribution is -2.38. The summed E-state index contributed by atoms with van der Waals surface area (Å²) >= 11 is 3.36. The molecule has 0 amide bonds. The first-order valence-electron chi connectivity index (χ1n) is 5.81. The van der Waals surface area contributed by atoms with E-state index in [1.165, 1.54) is 0 Å². The number of carbonyl (C=O) groups excluding carboxylic acids is 1. The Morgan fingerprint density at radius 3 is 2.94 bits per heavy atom. The van der Waals surface area contributed by atoms with Gasteiger partial charge in [-0.15, -0.1) is 0 Å². The number of rotatable bonds is 2. The first kappa shape index (κ1) is 12.6. The van der Waals surface area contributed by atoms with Crippen LogP contribution in [0.1, 0.15) is 23.2 Å². The van der Waals surface area contributed by atoms with Crippen LogP contribution in [0.4, 0.5) is 0 Å². The second-order valence-corrected chi connectivity index (χ2v) is 5.27. The molecule has 1 atom stereocenters. The highest BCUT2D eigenvalue weighted by Gasteiger charge is 2.22. The molecule has 0 N–H and O–H groups in total. The van der Waals surface area contributed by atoms with Crippen LogP contribution in [0.2, 0.25) is 0 Å². The Balaban J connectivity index is 1.99. The quantitative estimate of drug-likeness (QED) is 0.786. The van der Waals surface area contributed by atoms with Crippen LogP contribution in [0.3, 0.4) is 0 Å². The van der Waals surface area contributed by atoms with Gasteiger partial charge in [-0.05, 0) is 54.5 Å². The van der Waals surface area contributed by atoms with Gasteiger partial charge in [0.1, 0.15) is 6.10 Å². The molecule has 3 nitrogen and oxygen atoms in total. The second kappa shape index (κ2) is 5.65. The minimum atomic E-state index is -0.238. The highest BCUT2D eigenvalue weighted by atomic mass is 79.9. The van der Waals surface area contributed by atoms with E-state index in [-0.39, 0.29) is 12.1 Å². The van der Waals surface area contributed by atoms with Crippen molar-refractivity contribution in [1.82, 2.24) is 4.90 Å². The highest BCUT2D eigenvalue weighted by molar-refractivity contribution is 9.10. The molecule has 1 fully saturated rings. The van der Waals surface area contributed by atoms with Crippen LogP contribution in [0.15, 0.2) is 28.7 Å². The number of carbonyl (C=O) groups is 1. The fraction of sp³-hybridized carbons (Fsp3) is 0.462. The van der Waals surface area contributed by atoms with E-state index in [4.69, 9.17) is 4.74 Å². The van der Waals surface area contributed by atoms with E-state index in [1.54, 1.807) is 6.07 Å². The minimum Gasteiger partial charge on any atom is -0.457 e. The van der Waals surface area contributed by atoms with Gasteiger partial charge in [0, 0.05) is 11.0 Å². The summed E-state index contributed by atoms with van der Waals surface area (Å²) in [6.45, 7) is 1.92. The van der Waals surface area contributed by atoms with Gasteiger partial charge < -0.3 is 9.64 Å². The molecular weight excluding hydrogens is 282 g/mol. The standard InChI is InChI=1S/C13H16BrNO2/c1-15-8-4-5-10(9-15)17-13(16)11-6-2-3-7-12(11)14/h2-3,6-7,10H,4-5,8-9H2,1H3/t10-/m1/s1. The van der Waals surface area contributed by atoms with Crippen molar-refractivity contribution in [2.45, 2.75) is 18.9 Å². The highest BCUT2D eigenvalue weighted by Crippen LogP contribution is 2.19. The van der Waals surface area contributed by atoms with Crippen molar-refractivity contribution < 1.29 is 9.53 Å². The molecule has 17 heavy (non-hydrogen) atoms. The molecule has 92 valence electrons. The van der Waals surface area contributed by atoms with Crippen molar-refractivity contribution in [3.63, 3.8) is 0 Å². The fourth-order valence-electron chi connectivity index (χ4n) is 2.06. The third-order valence-corrected chi connectivity index (χ3v) is 3.64. The molecule has 1 saturated heterocycles. The Bertz CT molecular complexity index is 408. The Morgan fingerprint density at radius 1 is 1.47 bits per heavy atom. The van der Waals surface area contributed by atoms with E-state index in [0.717, 1.165) is 30.4 Å². The maximum atomic E-state index is 12.0. The molecule has 4 heteroatoms. The van der Waals surface area contributed by atoms with Crippen molar-refractivity contribution in [1.29, 1.82) is 0 Å². The molecule has 1 aliphatic heterocycles. The number of hydrogen-bond acceptors (Lipinski definition) is 3. The number of benzene rings is 1. The van der Waals surface area contributed by atoms with Crippen LogP contribution in [0.25, 0.3) is 0 Å². The average molecular weight is 298 g/mol. The zero-order chi connectivity index (χ0) is 12.3. The van der Waals surface area contributed by atoms with Crippen molar-refractivity contribution in [3.8, 4) is 0 Å². The van der Waals surface area contributed by atoms with Gasteiger partial charge in [0.05, 0.1) is 5.56 Å². The van der Waals surface area contributed by atoms with Gasteiger partial charge in [0.2, 0.25) is 0 Å². The maximum absolute atomic E-state index is 12.0. The molecule has 1 aromatic rings. The molecule has 0 bridgehead atoms. The van der Waals surface area contributed by atoms with Crippen LogP contribution in [0, 0.1) is 0 Å². The summed E-state index contributed by atoms with van der Waals surface area (Å²) in [5.41, 5.74) is 0.598. The third-order valence-electron chi connectivity index (χ3n) is 2.95. The number of halogens is 1. The number of piperidine rings is 1. The van der Waals surface area contributed by atoms with Crippen LogP contribution in [-0.2, 0) is 4.74 Å². The van der Waals surface area contributed by atoms with E-state index >= 15 is 0 Å². The summed E-state index contributed by atoms with van der Waals surface area (Å²) < 4.78 is 6.30. The largest absolute Gasteiger partial charge is 0.457 e. The van der Waals surface area contributed by atoms with Crippen molar-refractivity contribution in [2.24, 2.45) is 0 Å². The van der Waals surface area contributed by atoms with Crippen LogP contribution in [0.5, 0.6) is 0 Å². The van der Waals surface area contributed by atoms with Gasteiger partial charge in [-0.1, -0.05) is 12.1 Å². The maximum Gasteiger partial charge on any atom is 0.339 e. The topological polar surface area (TPSA) is 29.5 Å². The zero-order valence-corrected chi connectivity index (χ0v) is 11.4. The lowest BCUT2D eigenvalue weighted by atomic mass is 10.1. The van der Waals surface area contributed by atoms with E-state index in [2.05, 4.69) is 27.9 Å². The first-order chi connectivity index (χ1) is 8.16. The summed E-state index contributed by atoms with van der Waals surface area (Å²) in [5, 5.41) is 0. The summed E-state index contributed by atoms with van der Waals surface area (Å²) in [7, 11) is 2.05. The molecule has 0 saturated carbocycles. The van der Waals surface area contributed by atoms with E-state index < -0.39 is 0 Å². The van der Waals surface area contributed by atoms with Crippen LogP contribution >= 0.6 is 15.9 Å². The molecular formula is C13H16BrNO2.